The van der Waals surface area contributed by atoms with Gasteiger partial charge in [-0.15, -0.1) is 0 Å². The molecule has 0 aromatic carbocycles. The van der Waals surface area contributed by atoms with Crippen molar-refractivity contribution in [1.82, 2.24) is 9.97 Å². The van der Waals surface area contributed by atoms with Crippen LogP contribution in [0.4, 0.5) is 5.82 Å². The molecule has 3 rings (SSSR count). The van der Waals surface area contributed by atoms with Gasteiger partial charge in [0.25, 0.3) is 0 Å². The third-order valence-corrected chi connectivity index (χ3v) is 3.01. The fourth-order valence-electron chi connectivity index (χ4n) is 2.05. The number of aryl methyl sites for hydroxylation is 1. The van der Waals surface area contributed by atoms with E-state index in [9.17, 15) is 0 Å². The Morgan fingerprint density at radius 1 is 1.06 bits per heavy atom. The molecule has 4 nitrogen and oxygen atoms in total. The Morgan fingerprint density at radius 2 is 1.82 bits per heavy atom. The number of hydrogen-bond acceptors (Lipinski definition) is 4. The highest BCUT2D eigenvalue weighted by atomic mass is 16.5. The first-order valence-corrected chi connectivity index (χ1v) is 5.90. The van der Waals surface area contributed by atoms with Gasteiger partial charge in [-0.2, -0.15) is 0 Å². The van der Waals surface area contributed by atoms with Crippen LogP contribution in [0.5, 0.6) is 0 Å². The van der Waals surface area contributed by atoms with E-state index in [4.69, 9.17) is 4.74 Å². The lowest BCUT2D eigenvalue weighted by molar-refractivity contribution is 0.122. The largest absolute Gasteiger partial charge is 0.378 e. The standard InChI is InChI=1S/C13H15N3O/c1-10-2-3-11-4-5-12(15-13(11)14-10)16-6-8-17-9-7-16/h2-5H,6-9H2,1H3. The van der Waals surface area contributed by atoms with Crippen molar-refractivity contribution >= 4 is 16.9 Å². The molecule has 1 aliphatic rings. The van der Waals surface area contributed by atoms with Gasteiger partial charge in [0.2, 0.25) is 0 Å². The Kier molecular flexibility index (Phi) is 2.65. The number of ether oxygens (including phenoxy) is 1. The molecule has 88 valence electrons. The Balaban J connectivity index is 1.99. The quantitative estimate of drug-likeness (QED) is 0.747. The van der Waals surface area contributed by atoms with Gasteiger partial charge in [0.15, 0.2) is 5.65 Å². The highest BCUT2D eigenvalue weighted by molar-refractivity contribution is 5.76. The summed E-state index contributed by atoms with van der Waals surface area (Å²) in [6.45, 7) is 5.36. The van der Waals surface area contributed by atoms with Gasteiger partial charge in [-0.1, -0.05) is 0 Å². The van der Waals surface area contributed by atoms with Crippen LogP contribution in [-0.2, 0) is 4.74 Å². The first-order chi connectivity index (χ1) is 8.33. The number of nitrogens with zero attached hydrogens (tertiary/aromatic N) is 3. The summed E-state index contributed by atoms with van der Waals surface area (Å²) in [5.41, 5.74) is 1.83. The van der Waals surface area contributed by atoms with Crippen LogP contribution >= 0.6 is 0 Å². The Labute approximate surface area is 100 Å². The van der Waals surface area contributed by atoms with E-state index >= 15 is 0 Å². The molecule has 2 aromatic rings. The fraction of sp³-hybridized carbons (Fsp3) is 0.385. The molecular formula is C13H15N3O. The van der Waals surface area contributed by atoms with Gasteiger partial charge in [-0.25, -0.2) is 9.97 Å². The van der Waals surface area contributed by atoms with Gasteiger partial charge in [0.1, 0.15) is 5.82 Å². The molecule has 0 spiro atoms. The van der Waals surface area contributed by atoms with Crippen LogP contribution in [0, 0.1) is 6.92 Å². The summed E-state index contributed by atoms with van der Waals surface area (Å²) in [4.78, 5) is 11.3. The first kappa shape index (κ1) is 10.5. The summed E-state index contributed by atoms with van der Waals surface area (Å²) in [6, 6.07) is 8.22. The van der Waals surface area contributed by atoms with Crippen molar-refractivity contribution in [2.45, 2.75) is 6.92 Å². The molecule has 0 bridgehead atoms. The molecule has 0 radical (unpaired) electrons. The van der Waals surface area contributed by atoms with E-state index in [2.05, 4.69) is 33.1 Å². The molecule has 0 N–H and O–H groups in total. The van der Waals surface area contributed by atoms with Crippen LogP contribution in [0.15, 0.2) is 24.3 Å². The molecule has 0 aliphatic carbocycles. The van der Waals surface area contributed by atoms with Crippen LogP contribution in [-0.4, -0.2) is 36.3 Å². The second kappa shape index (κ2) is 4.30. The van der Waals surface area contributed by atoms with E-state index < -0.39 is 0 Å². The molecule has 2 aromatic heterocycles. The zero-order chi connectivity index (χ0) is 11.7. The topological polar surface area (TPSA) is 38.2 Å². The van der Waals surface area contributed by atoms with Crippen molar-refractivity contribution in [2.75, 3.05) is 31.2 Å². The Hall–Kier alpha value is -1.68. The van der Waals surface area contributed by atoms with Crippen LogP contribution in [0.2, 0.25) is 0 Å². The minimum atomic E-state index is 0.779. The minimum absolute atomic E-state index is 0.779. The SMILES string of the molecule is Cc1ccc2ccc(N3CCOCC3)nc2n1. The van der Waals surface area contributed by atoms with Gasteiger partial charge >= 0.3 is 0 Å². The van der Waals surface area contributed by atoms with Crippen molar-refractivity contribution in [3.63, 3.8) is 0 Å². The molecule has 3 heterocycles. The first-order valence-electron chi connectivity index (χ1n) is 5.90. The fourth-order valence-corrected chi connectivity index (χ4v) is 2.05. The van der Waals surface area contributed by atoms with E-state index in [1.54, 1.807) is 0 Å². The molecular weight excluding hydrogens is 214 g/mol. The number of rotatable bonds is 1. The molecule has 0 amide bonds. The lowest BCUT2D eigenvalue weighted by Crippen LogP contribution is -2.36. The van der Waals surface area contributed by atoms with Crippen LogP contribution in [0.1, 0.15) is 5.69 Å². The van der Waals surface area contributed by atoms with Gasteiger partial charge in [-0.3, -0.25) is 0 Å². The van der Waals surface area contributed by atoms with Crippen molar-refractivity contribution in [2.24, 2.45) is 0 Å². The maximum Gasteiger partial charge on any atom is 0.161 e. The smallest absolute Gasteiger partial charge is 0.161 e. The van der Waals surface area contributed by atoms with Crippen molar-refractivity contribution < 1.29 is 4.74 Å². The second-order valence-electron chi connectivity index (χ2n) is 4.27. The zero-order valence-corrected chi connectivity index (χ0v) is 9.89. The van der Waals surface area contributed by atoms with Gasteiger partial charge in [-0.05, 0) is 31.2 Å². The van der Waals surface area contributed by atoms with Crippen LogP contribution in [0.25, 0.3) is 11.0 Å². The van der Waals surface area contributed by atoms with Crippen molar-refractivity contribution in [3.05, 3.63) is 30.0 Å². The Bertz CT molecular complexity index is 535. The molecule has 1 saturated heterocycles. The molecule has 0 unspecified atom stereocenters. The lowest BCUT2D eigenvalue weighted by Gasteiger charge is -2.27. The lowest BCUT2D eigenvalue weighted by atomic mass is 10.2. The Morgan fingerprint density at radius 3 is 2.65 bits per heavy atom. The summed E-state index contributed by atoms with van der Waals surface area (Å²) < 4.78 is 5.34. The molecule has 1 fully saturated rings. The molecule has 0 atom stereocenters. The average molecular weight is 229 g/mol. The predicted molar refractivity (Wildman–Crippen MR) is 67.3 cm³/mol. The molecule has 4 heteroatoms. The van der Waals surface area contributed by atoms with E-state index in [0.717, 1.165) is 48.8 Å². The normalized spacial score (nSPS) is 16.4. The summed E-state index contributed by atoms with van der Waals surface area (Å²) in [5, 5.41) is 1.09. The number of anilines is 1. The van der Waals surface area contributed by atoms with E-state index in [0.29, 0.717) is 0 Å². The summed E-state index contributed by atoms with van der Waals surface area (Å²) in [7, 11) is 0. The van der Waals surface area contributed by atoms with Gasteiger partial charge in [0.05, 0.1) is 13.2 Å². The number of morpholine rings is 1. The maximum atomic E-state index is 5.34. The van der Waals surface area contributed by atoms with E-state index in [1.165, 1.54) is 0 Å². The highest BCUT2D eigenvalue weighted by Crippen LogP contribution is 2.17. The van der Waals surface area contributed by atoms with Gasteiger partial charge < -0.3 is 9.64 Å². The number of fused-ring (bicyclic) bond motifs is 1. The van der Waals surface area contributed by atoms with E-state index in [-0.39, 0.29) is 0 Å². The second-order valence-corrected chi connectivity index (χ2v) is 4.27. The average Bonchev–Trinajstić information content (AvgIpc) is 2.39. The summed E-state index contributed by atoms with van der Waals surface area (Å²) in [5.74, 6) is 0.999. The van der Waals surface area contributed by atoms with Gasteiger partial charge in [0, 0.05) is 24.2 Å². The van der Waals surface area contributed by atoms with Crippen molar-refractivity contribution in [3.8, 4) is 0 Å². The van der Waals surface area contributed by atoms with Crippen molar-refractivity contribution in [1.29, 1.82) is 0 Å². The number of hydrogen-bond donors (Lipinski definition) is 0. The third-order valence-electron chi connectivity index (χ3n) is 3.01. The maximum absolute atomic E-state index is 5.34. The van der Waals surface area contributed by atoms with Crippen LogP contribution < -0.4 is 4.90 Å². The monoisotopic (exact) mass is 229 g/mol. The highest BCUT2D eigenvalue weighted by Gasteiger charge is 2.12. The summed E-state index contributed by atoms with van der Waals surface area (Å²) >= 11 is 0. The molecule has 0 saturated carbocycles. The minimum Gasteiger partial charge on any atom is -0.378 e. The number of pyridine rings is 2. The predicted octanol–water partition coefficient (Wildman–Crippen LogP) is 1.77. The number of aromatic nitrogens is 2. The molecule has 1 aliphatic heterocycles. The van der Waals surface area contributed by atoms with E-state index in [1.807, 2.05) is 13.0 Å². The third kappa shape index (κ3) is 2.08. The molecule has 17 heavy (non-hydrogen) atoms. The zero-order valence-electron chi connectivity index (χ0n) is 9.89. The summed E-state index contributed by atoms with van der Waals surface area (Å²) in [6.07, 6.45) is 0. The van der Waals surface area contributed by atoms with Crippen LogP contribution in [0.3, 0.4) is 0 Å².